The summed E-state index contributed by atoms with van der Waals surface area (Å²) < 4.78 is 37.6. The van der Waals surface area contributed by atoms with E-state index < -0.39 is 17.6 Å². The number of methoxy groups -OCH3 is 2. The molecule has 1 aliphatic rings. The zero-order valence-corrected chi connectivity index (χ0v) is 12.7. The van der Waals surface area contributed by atoms with Crippen molar-refractivity contribution in [2.24, 2.45) is 0 Å². The van der Waals surface area contributed by atoms with E-state index >= 15 is 0 Å². The van der Waals surface area contributed by atoms with E-state index in [9.17, 15) is 13.6 Å². The summed E-state index contributed by atoms with van der Waals surface area (Å²) in [5.41, 5.74) is 1.69. The molecule has 1 aliphatic heterocycles. The fourth-order valence-corrected chi connectivity index (χ4v) is 2.86. The first kappa shape index (κ1) is 15.3. The van der Waals surface area contributed by atoms with Gasteiger partial charge in [-0.15, -0.1) is 0 Å². The van der Waals surface area contributed by atoms with Crippen molar-refractivity contribution in [1.82, 2.24) is 0 Å². The fraction of sp³-hybridized carbons (Fsp3) is 0.235. The average molecular weight is 319 g/mol. The SMILES string of the molecule is COc1cc2c(cc1OC)C(c1cc(F)cc(F)c1)CC(=O)N2. The highest BCUT2D eigenvalue weighted by Gasteiger charge is 2.29. The van der Waals surface area contributed by atoms with Gasteiger partial charge in [-0.25, -0.2) is 8.78 Å². The van der Waals surface area contributed by atoms with Crippen LogP contribution in [0, 0.1) is 11.6 Å². The number of hydrogen-bond donors (Lipinski definition) is 1. The summed E-state index contributed by atoms with van der Waals surface area (Å²) in [6, 6.07) is 6.66. The molecule has 0 fully saturated rings. The first-order valence-electron chi connectivity index (χ1n) is 7.03. The van der Waals surface area contributed by atoms with Gasteiger partial charge in [-0.2, -0.15) is 0 Å². The van der Waals surface area contributed by atoms with Crippen molar-refractivity contribution in [2.75, 3.05) is 19.5 Å². The van der Waals surface area contributed by atoms with Gasteiger partial charge < -0.3 is 14.8 Å². The lowest BCUT2D eigenvalue weighted by atomic mass is 9.84. The molecule has 1 heterocycles. The molecule has 0 aromatic heterocycles. The molecule has 1 unspecified atom stereocenters. The number of halogens is 2. The summed E-state index contributed by atoms with van der Waals surface area (Å²) in [6.07, 6.45) is 0.103. The molecule has 0 bridgehead atoms. The van der Waals surface area contributed by atoms with Gasteiger partial charge in [0.15, 0.2) is 11.5 Å². The van der Waals surface area contributed by atoms with Crippen LogP contribution in [0.25, 0.3) is 0 Å². The molecule has 2 aromatic rings. The van der Waals surface area contributed by atoms with Gasteiger partial charge in [-0.05, 0) is 29.3 Å². The minimum Gasteiger partial charge on any atom is -0.493 e. The lowest BCUT2D eigenvalue weighted by Gasteiger charge is -2.27. The number of anilines is 1. The topological polar surface area (TPSA) is 47.6 Å². The summed E-state index contributed by atoms with van der Waals surface area (Å²) in [4.78, 5) is 12.0. The van der Waals surface area contributed by atoms with E-state index in [2.05, 4.69) is 5.32 Å². The Morgan fingerprint density at radius 3 is 2.22 bits per heavy atom. The van der Waals surface area contributed by atoms with Gasteiger partial charge in [0, 0.05) is 30.2 Å². The molecule has 0 radical (unpaired) electrons. The number of fused-ring (bicyclic) bond motifs is 1. The Hall–Kier alpha value is -2.63. The number of rotatable bonds is 3. The predicted octanol–water partition coefficient (Wildman–Crippen LogP) is 3.46. The van der Waals surface area contributed by atoms with Crippen LogP contribution in [0.3, 0.4) is 0 Å². The van der Waals surface area contributed by atoms with Crippen molar-refractivity contribution in [3.8, 4) is 11.5 Å². The number of hydrogen-bond acceptors (Lipinski definition) is 3. The number of nitrogens with one attached hydrogen (secondary N) is 1. The second-order valence-corrected chi connectivity index (χ2v) is 5.30. The van der Waals surface area contributed by atoms with Crippen molar-refractivity contribution >= 4 is 11.6 Å². The average Bonchev–Trinajstić information content (AvgIpc) is 2.51. The first-order chi connectivity index (χ1) is 11.0. The summed E-state index contributed by atoms with van der Waals surface area (Å²) in [6.45, 7) is 0. The highest BCUT2D eigenvalue weighted by molar-refractivity contribution is 5.96. The molecule has 1 atom stereocenters. The molecule has 3 rings (SSSR count). The Morgan fingerprint density at radius 2 is 1.61 bits per heavy atom. The molecule has 1 amide bonds. The van der Waals surface area contributed by atoms with Gasteiger partial charge in [-0.3, -0.25) is 4.79 Å². The maximum Gasteiger partial charge on any atom is 0.225 e. The molecule has 120 valence electrons. The van der Waals surface area contributed by atoms with Crippen molar-refractivity contribution in [1.29, 1.82) is 0 Å². The van der Waals surface area contributed by atoms with E-state index in [0.717, 1.165) is 11.6 Å². The lowest BCUT2D eigenvalue weighted by molar-refractivity contribution is -0.116. The minimum absolute atomic E-state index is 0.103. The normalized spacial score (nSPS) is 16.5. The molecular formula is C17H15F2NO3. The van der Waals surface area contributed by atoms with Crippen LogP contribution in [0.15, 0.2) is 30.3 Å². The lowest BCUT2D eigenvalue weighted by Crippen LogP contribution is -2.23. The quantitative estimate of drug-likeness (QED) is 0.942. The first-order valence-corrected chi connectivity index (χ1v) is 7.03. The Morgan fingerprint density at radius 1 is 1.00 bits per heavy atom. The van der Waals surface area contributed by atoms with Crippen LogP contribution in [-0.2, 0) is 4.79 Å². The molecule has 6 heteroatoms. The van der Waals surface area contributed by atoms with Gasteiger partial charge in [0.25, 0.3) is 0 Å². The van der Waals surface area contributed by atoms with Gasteiger partial charge >= 0.3 is 0 Å². The number of amides is 1. The van der Waals surface area contributed by atoms with Crippen LogP contribution in [0.2, 0.25) is 0 Å². The third kappa shape index (κ3) is 2.84. The van der Waals surface area contributed by atoms with Crippen LogP contribution in [0.5, 0.6) is 11.5 Å². The monoisotopic (exact) mass is 319 g/mol. The fourth-order valence-electron chi connectivity index (χ4n) is 2.86. The minimum atomic E-state index is -0.673. The molecule has 23 heavy (non-hydrogen) atoms. The van der Waals surface area contributed by atoms with Crippen LogP contribution in [0.1, 0.15) is 23.5 Å². The summed E-state index contributed by atoms with van der Waals surface area (Å²) >= 11 is 0. The largest absolute Gasteiger partial charge is 0.493 e. The predicted molar refractivity (Wildman–Crippen MR) is 81.0 cm³/mol. The molecule has 2 aromatic carbocycles. The van der Waals surface area contributed by atoms with Crippen LogP contribution >= 0.6 is 0 Å². The van der Waals surface area contributed by atoms with E-state index in [1.165, 1.54) is 26.4 Å². The third-order valence-electron chi connectivity index (χ3n) is 3.88. The van der Waals surface area contributed by atoms with Gasteiger partial charge in [0.1, 0.15) is 11.6 Å². The maximum absolute atomic E-state index is 13.5. The van der Waals surface area contributed by atoms with E-state index in [-0.39, 0.29) is 12.3 Å². The molecular weight excluding hydrogens is 304 g/mol. The number of ether oxygens (including phenoxy) is 2. The second-order valence-electron chi connectivity index (χ2n) is 5.30. The van der Waals surface area contributed by atoms with E-state index in [1.54, 1.807) is 12.1 Å². The molecule has 0 aliphatic carbocycles. The zero-order valence-electron chi connectivity index (χ0n) is 12.7. The van der Waals surface area contributed by atoms with Gasteiger partial charge in [0.05, 0.1) is 14.2 Å². The number of carbonyl (C=O) groups excluding carboxylic acids is 1. The van der Waals surface area contributed by atoms with Crippen molar-refractivity contribution in [3.05, 3.63) is 53.1 Å². The van der Waals surface area contributed by atoms with Crippen LogP contribution in [-0.4, -0.2) is 20.1 Å². The molecule has 0 spiro atoms. The highest BCUT2D eigenvalue weighted by Crippen LogP contribution is 2.43. The second kappa shape index (κ2) is 5.87. The van der Waals surface area contributed by atoms with Crippen molar-refractivity contribution < 1.29 is 23.0 Å². The van der Waals surface area contributed by atoms with Gasteiger partial charge in [0.2, 0.25) is 5.91 Å². The summed E-state index contributed by atoms with van der Waals surface area (Å²) in [5, 5.41) is 2.75. The Bertz CT molecular complexity index is 756. The summed E-state index contributed by atoms with van der Waals surface area (Å²) in [7, 11) is 3.00. The number of carbonyl (C=O) groups is 1. The van der Waals surface area contributed by atoms with E-state index in [4.69, 9.17) is 9.47 Å². The highest BCUT2D eigenvalue weighted by atomic mass is 19.1. The molecule has 0 saturated heterocycles. The van der Waals surface area contributed by atoms with Gasteiger partial charge in [-0.1, -0.05) is 0 Å². The zero-order chi connectivity index (χ0) is 16.6. The van der Waals surface area contributed by atoms with Crippen LogP contribution < -0.4 is 14.8 Å². The van der Waals surface area contributed by atoms with E-state index in [1.807, 2.05) is 0 Å². The standard InChI is InChI=1S/C17H15F2NO3/c1-22-15-6-13-12(9-3-10(18)5-11(19)4-9)7-17(21)20-14(13)8-16(15)23-2/h3-6,8,12H,7H2,1-2H3,(H,20,21). The molecule has 0 saturated carbocycles. The van der Waals surface area contributed by atoms with Crippen molar-refractivity contribution in [2.45, 2.75) is 12.3 Å². The maximum atomic E-state index is 13.5. The van der Waals surface area contributed by atoms with Crippen LogP contribution in [0.4, 0.5) is 14.5 Å². The molecule has 1 N–H and O–H groups in total. The molecule has 4 nitrogen and oxygen atoms in total. The Kier molecular flexibility index (Phi) is 3.90. The van der Waals surface area contributed by atoms with E-state index in [0.29, 0.717) is 22.7 Å². The third-order valence-corrected chi connectivity index (χ3v) is 3.88. The van der Waals surface area contributed by atoms with Crippen molar-refractivity contribution in [3.63, 3.8) is 0 Å². The smallest absolute Gasteiger partial charge is 0.225 e. The Labute approximate surface area is 132 Å². The summed E-state index contributed by atoms with van der Waals surface area (Å²) in [5.74, 6) is -1.06. The number of benzene rings is 2. The Balaban J connectivity index is 2.15.